The van der Waals surface area contributed by atoms with E-state index in [4.69, 9.17) is 17.0 Å². The molecule has 2 aliphatic heterocycles. The van der Waals surface area contributed by atoms with E-state index in [2.05, 4.69) is 0 Å². The fraction of sp³-hybridized carbons (Fsp3) is 0.389. The number of methoxy groups -OCH3 is 1. The third-order valence-electron chi connectivity index (χ3n) is 4.71. The summed E-state index contributed by atoms with van der Waals surface area (Å²) in [6.07, 6.45) is 2.12. The van der Waals surface area contributed by atoms with Gasteiger partial charge in [-0.15, -0.1) is 0 Å². The highest BCUT2D eigenvalue weighted by Crippen LogP contribution is 2.33. The van der Waals surface area contributed by atoms with Crippen molar-refractivity contribution in [1.29, 1.82) is 0 Å². The highest BCUT2D eigenvalue weighted by Gasteiger charge is 2.37. The quantitative estimate of drug-likeness (QED) is 0.507. The first kappa shape index (κ1) is 20.8. The van der Waals surface area contributed by atoms with Gasteiger partial charge in [0.2, 0.25) is 5.91 Å². The number of carbonyl (C=O) groups is 2. The Hall–Kier alpha value is -1.91. The van der Waals surface area contributed by atoms with Crippen LogP contribution >= 0.6 is 24.0 Å². The number of thioether (sulfide) groups is 1. The van der Waals surface area contributed by atoms with Crippen LogP contribution in [0.3, 0.4) is 0 Å². The maximum Gasteiger partial charge on any atom is 0.266 e. The Morgan fingerprint density at radius 3 is 2.86 bits per heavy atom. The molecule has 2 saturated heterocycles. The Kier molecular flexibility index (Phi) is 6.11. The lowest BCUT2D eigenvalue weighted by molar-refractivity contribution is -0.135. The molecule has 0 unspecified atom stereocenters. The fourth-order valence-electron chi connectivity index (χ4n) is 3.05. The van der Waals surface area contributed by atoms with Crippen LogP contribution in [0.25, 0.3) is 6.08 Å². The molecule has 3 rings (SSSR count). The Bertz CT molecular complexity index is 958. The first-order valence-electron chi connectivity index (χ1n) is 8.55. The molecule has 0 radical (unpaired) electrons. The number of nitrogens with zero attached hydrogens (tertiary/aromatic N) is 2. The molecule has 2 heterocycles. The Labute approximate surface area is 173 Å². The zero-order chi connectivity index (χ0) is 20.5. The summed E-state index contributed by atoms with van der Waals surface area (Å²) < 4.78 is 28.8. The number of thiocarbonyl (C=S) groups is 1. The monoisotopic (exact) mass is 440 g/mol. The molecule has 2 aliphatic rings. The SMILES string of the molecule is COc1cccc(/C=C2/SC(=S)N(CC(=O)N(C)[C@@H]3CCS(=O)(=O)C3)C2=O)c1. The van der Waals surface area contributed by atoms with Gasteiger partial charge in [-0.2, -0.15) is 0 Å². The zero-order valence-corrected chi connectivity index (χ0v) is 17.9. The number of rotatable bonds is 5. The van der Waals surface area contributed by atoms with Crippen molar-refractivity contribution >= 4 is 56.0 Å². The van der Waals surface area contributed by atoms with Gasteiger partial charge in [-0.1, -0.05) is 36.1 Å². The third-order valence-corrected chi connectivity index (χ3v) is 7.84. The third kappa shape index (κ3) is 4.56. The van der Waals surface area contributed by atoms with E-state index < -0.39 is 9.84 Å². The molecule has 1 aromatic carbocycles. The Balaban J connectivity index is 1.69. The second kappa shape index (κ2) is 8.22. The van der Waals surface area contributed by atoms with Crippen LogP contribution in [0, 0.1) is 0 Å². The molecule has 28 heavy (non-hydrogen) atoms. The van der Waals surface area contributed by atoms with E-state index >= 15 is 0 Å². The summed E-state index contributed by atoms with van der Waals surface area (Å²) in [5.74, 6) is 0.0513. The summed E-state index contributed by atoms with van der Waals surface area (Å²) in [6.45, 7) is -0.201. The van der Waals surface area contributed by atoms with E-state index in [-0.39, 0.29) is 35.9 Å². The van der Waals surface area contributed by atoms with E-state index in [1.54, 1.807) is 32.4 Å². The van der Waals surface area contributed by atoms with Gasteiger partial charge < -0.3 is 9.64 Å². The molecule has 0 bridgehead atoms. The number of ether oxygens (including phenoxy) is 1. The molecular formula is C18H20N2O5S3. The van der Waals surface area contributed by atoms with Crippen molar-refractivity contribution in [2.75, 3.05) is 32.2 Å². The van der Waals surface area contributed by atoms with Gasteiger partial charge in [-0.3, -0.25) is 14.5 Å². The summed E-state index contributed by atoms with van der Waals surface area (Å²) in [5, 5.41) is 0. The lowest BCUT2D eigenvalue weighted by Crippen LogP contribution is -2.45. The first-order valence-corrected chi connectivity index (χ1v) is 11.6. The molecule has 0 aromatic heterocycles. The molecule has 1 atom stereocenters. The summed E-state index contributed by atoms with van der Waals surface area (Å²) >= 11 is 6.41. The number of likely N-dealkylation sites (N-methyl/N-ethyl adjacent to an activating group) is 1. The van der Waals surface area contributed by atoms with Crippen LogP contribution in [0.5, 0.6) is 5.75 Å². The van der Waals surface area contributed by atoms with Crippen molar-refractivity contribution in [2.24, 2.45) is 0 Å². The smallest absolute Gasteiger partial charge is 0.266 e. The molecule has 7 nitrogen and oxygen atoms in total. The van der Waals surface area contributed by atoms with Crippen molar-refractivity contribution in [2.45, 2.75) is 12.5 Å². The minimum absolute atomic E-state index is 0.0383. The molecule has 0 saturated carbocycles. The molecule has 10 heteroatoms. The lowest BCUT2D eigenvalue weighted by Gasteiger charge is -2.25. The predicted molar refractivity (Wildman–Crippen MR) is 113 cm³/mol. The van der Waals surface area contributed by atoms with Crippen molar-refractivity contribution in [3.05, 3.63) is 34.7 Å². The minimum atomic E-state index is -3.10. The molecule has 0 N–H and O–H groups in total. The molecule has 150 valence electrons. The van der Waals surface area contributed by atoms with Gasteiger partial charge in [-0.25, -0.2) is 8.42 Å². The predicted octanol–water partition coefficient (Wildman–Crippen LogP) is 1.54. The zero-order valence-electron chi connectivity index (χ0n) is 15.5. The normalized spacial score (nSPS) is 22.7. The van der Waals surface area contributed by atoms with Crippen LogP contribution in [-0.4, -0.2) is 72.6 Å². The van der Waals surface area contributed by atoms with Gasteiger partial charge in [0.15, 0.2) is 9.84 Å². The summed E-state index contributed by atoms with van der Waals surface area (Å²) in [4.78, 5) is 28.4. The van der Waals surface area contributed by atoms with E-state index in [0.717, 1.165) is 17.3 Å². The van der Waals surface area contributed by atoms with Crippen molar-refractivity contribution in [3.63, 3.8) is 0 Å². The van der Waals surface area contributed by atoms with Crippen molar-refractivity contribution in [3.8, 4) is 5.75 Å². The maximum absolute atomic E-state index is 12.7. The number of benzene rings is 1. The van der Waals surface area contributed by atoms with Gasteiger partial charge in [-0.05, 0) is 30.2 Å². The standard InChI is InChI=1S/C18H20N2O5S3/c1-19(13-6-7-28(23,24)11-13)16(21)10-20-17(22)15(27-18(20)26)9-12-4-3-5-14(8-12)25-2/h3-5,8-9,13H,6-7,10-11H2,1-2H3/b15-9+/t13-/m1/s1. The molecular weight excluding hydrogens is 420 g/mol. The Morgan fingerprint density at radius 1 is 1.46 bits per heavy atom. The number of amides is 2. The highest BCUT2D eigenvalue weighted by atomic mass is 32.2. The van der Waals surface area contributed by atoms with Crippen LogP contribution in [-0.2, 0) is 19.4 Å². The van der Waals surface area contributed by atoms with Gasteiger partial charge in [0.1, 0.15) is 16.6 Å². The van der Waals surface area contributed by atoms with Gasteiger partial charge in [0, 0.05) is 13.1 Å². The van der Waals surface area contributed by atoms with Crippen molar-refractivity contribution in [1.82, 2.24) is 9.80 Å². The Morgan fingerprint density at radius 2 is 2.21 bits per heavy atom. The summed E-state index contributed by atoms with van der Waals surface area (Å²) in [7, 11) is 0.0372. The van der Waals surface area contributed by atoms with Gasteiger partial charge in [0.25, 0.3) is 5.91 Å². The minimum Gasteiger partial charge on any atom is -0.497 e. The average Bonchev–Trinajstić information content (AvgIpc) is 3.15. The number of carbonyl (C=O) groups excluding carboxylic acids is 2. The van der Waals surface area contributed by atoms with Crippen LogP contribution in [0.1, 0.15) is 12.0 Å². The molecule has 0 aliphatic carbocycles. The van der Waals surface area contributed by atoms with E-state index in [0.29, 0.717) is 21.4 Å². The highest BCUT2D eigenvalue weighted by molar-refractivity contribution is 8.26. The average molecular weight is 441 g/mol. The number of sulfone groups is 1. The summed E-state index contributed by atoms with van der Waals surface area (Å²) in [5.41, 5.74) is 0.791. The summed E-state index contributed by atoms with van der Waals surface area (Å²) in [6, 6.07) is 6.91. The largest absolute Gasteiger partial charge is 0.497 e. The van der Waals surface area contributed by atoms with Gasteiger partial charge >= 0.3 is 0 Å². The lowest BCUT2D eigenvalue weighted by atomic mass is 10.2. The number of hydrogen-bond donors (Lipinski definition) is 0. The van der Waals surface area contributed by atoms with E-state index in [1.807, 2.05) is 12.1 Å². The molecule has 1 aromatic rings. The fourth-order valence-corrected chi connectivity index (χ4v) is 6.08. The van der Waals surface area contributed by atoms with Gasteiger partial charge in [0.05, 0.1) is 23.5 Å². The van der Waals surface area contributed by atoms with Crippen LogP contribution < -0.4 is 4.74 Å². The van der Waals surface area contributed by atoms with Crippen LogP contribution in [0.15, 0.2) is 29.2 Å². The van der Waals surface area contributed by atoms with Crippen LogP contribution in [0.4, 0.5) is 0 Å². The maximum atomic E-state index is 12.7. The second-order valence-corrected chi connectivity index (χ2v) is 10.5. The number of hydrogen-bond acceptors (Lipinski definition) is 7. The van der Waals surface area contributed by atoms with E-state index in [9.17, 15) is 18.0 Å². The first-order chi connectivity index (χ1) is 13.2. The molecule has 2 fully saturated rings. The topological polar surface area (TPSA) is 84.0 Å². The molecule has 0 spiro atoms. The second-order valence-electron chi connectivity index (χ2n) is 6.61. The van der Waals surface area contributed by atoms with Crippen LogP contribution in [0.2, 0.25) is 0 Å². The van der Waals surface area contributed by atoms with Crippen molar-refractivity contribution < 1.29 is 22.7 Å². The molecule has 2 amide bonds. The van der Waals surface area contributed by atoms with E-state index in [1.165, 1.54) is 9.80 Å².